The lowest BCUT2D eigenvalue weighted by atomic mass is 10.1. The monoisotopic (exact) mass is 239 g/mol. The van der Waals surface area contributed by atoms with Gasteiger partial charge in [-0.3, -0.25) is 0 Å². The molecular weight excluding hydrogens is 218 g/mol. The van der Waals surface area contributed by atoms with E-state index >= 15 is 0 Å². The standard InChI is InChI=1S/C12H21N3O2/c1-5-17-12-6-11(14-10(4)15-12)13-9(3)8(2)7-16/h6,8-9,16H,5,7H2,1-4H3,(H,13,14,15). The number of rotatable bonds is 6. The van der Waals surface area contributed by atoms with Crippen molar-refractivity contribution in [3.05, 3.63) is 11.9 Å². The summed E-state index contributed by atoms with van der Waals surface area (Å²) in [6.45, 7) is 8.47. The molecule has 5 nitrogen and oxygen atoms in total. The molecule has 0 aliphatic heterocycles. The highest BCUT2D eigenvalue weighted by Gasteiger charge is 2.12. The van der Waals surface area contributed by atoms with Crippen LogP contribution in [0, 0.1) is 12.8 Å². The molecule has 0 aliphatic rings. The molecule has 0 saturated carbocycles. The second kappa shape index (κ2) is 6.39. The van der Waals surface area contributed by atoms with Gasteiger partial charge in [0.05, 0.1) is 6.61 Å². The Morgan fingerprint density at radius 1 is 1.41 bits per heavy atom. The second-order valence-electron chi connectivity index (χ2n) is 4.16. The third-order valence-corrected chi connectivity index (χ3v) is 2.62. The van der Waals surface area contributed by atoms with E-state index in [4.69, 9.17) is 9.84 Å². The van der Waals surface area contributed by atoms with Gasteiger partial charge in [0.25, 0.3) is 0 Å². The fourth-order valence-electron chi connectivity index (χ4n) is 1.37. The predicted molar refractivity (Wildman–Crippen MR) is 67.3 cm³/mol. The first-order chi connectivity index (χ1) is 8.06. The van der Waals surface area contributed by atoms with E-state index in [9.17, 15) is 0 Å². The van der Waals surface area contributed by atoms with Crippen LogP contribution < -0.4 is 10.1 Å². The summed E-state index contributed by atoms with van der Waals surface area (Å²) in [4.78, 5) is 8.46. The van der Waals surface area contributed by atoms with E-state index in [1.54, 1.807) is 6.07 Å². The fraction of sp³-hybridized carbons (Fsp3) is 0.667. The Morgan fingerprint density at radius 2 is 2.12 bits per heavy atom. The van der Waals surface area contributed by atoms with Crippen molar-refractivity contribution < 1.29 is 9.84 Å². The van der Waals surface area contributed by atoms with Gasteiger partial charge < -0.3 is 15.2 Å². The molecule has 1 aromatic heterocycles. The summed E-state index contributed by atoms with van der Waals surface area (Å²) in [5, 5.41) is 12.3. The summed E-state index contributed by atoms with van der Waals surface area (Å²) in [7, 11) is 0. The maximum atomic E-state index is 9.08. The van der Waals surface area contributed by atoms with E-state index in [-0.39, 0.29) is 18.6 Å². The summed E-state index contributed by atoms with van der Waals surface area (Å²) in [5.74, 6) is 2.14. The summed E-state index contributed by atoms with van der Waals surface area (Å²) in [5.41, 5.74) is 0. The quantitative estimate of drug-likeness (QED) is 0.789. The zero-order valence-corrected chi connectivity index (χ0v) is 10.9. The lowest BCUT2D eigenvalue weighted by molar-refractivity contribution is 0.226. The molecule has 2 N–H and O–H groups in total. The molecule has 5 heteroatoms. The largest absolute Gasteiger partial charge is 0.478 e. The minimum atomic E-state index is 0.142. The molecule has 2 unspecified atom stereocenters. The number of nitrogens with zero attached hydrogens (tertiary/aromatic N) is 2. The fourth-order valence-corrected chi connectivity index (χ4v) is 1.37. The molecule has 0 amide bonds. The van der Waals surface area contributed by atoms with Gasteiger partial charge in [0.2, 0.25) is 5.88 Å². The minimum absolute atomic E-state index is 0.142. The molecule has 0 aromatic carbocycles. The molecule has 0 bridgehead atoms. The van der Waals surface area contributed by atoms with Gasteiger partial charge in [0, 0.05) is 18.7 Å². The number of anilines is 1. The van der Waals surface area contributed by atoms with Crippen LogP contribution in [0.2, 0.25) is 0 Å². The van der Waals surface area contributed by atoms with Crippen molar-refractivity contribution in [3.63, 3.8) is 0 Å². The van der Waals surface area contributed by atoms with Gasteiger partial charge >= 0.3 is 0 Å². The summed E-state index contributed by atoms with van der Waals surface area (Å²) in [6, 6.07) is 1.92. The maximum Gasteiger partial charge on any atom is 0.218 e. The van der Waals surface area contributed by atoms with E-state index in [0.717, 1.165) is 5.82 Å². The van der Waals surface area contributed by atoms with Gasteiger partial charge in [0.1, 0.15) is 11.6 Å². The molecule has 0 fully saturated rings. The minimum Gasteiger partial charge on any atom is -0.478 e. The highest BCUT2D eigenvalue weighted by atomic mass is 16.5. The molecule has 96 valence electrons. The Kier molecular flexibility index (Phi) is 5.15. The number of aromatic nitrogens is 2. The van der Waals surface area contributed by atoms with Crippen molar-refractivity contribution >= 4 is 5.82 Å². The maximum absolute atomic E-state index is 9.08. The molecule has 0 radical (unpaired) electrons. The highest BCUT2D eigenvalue weighted by molar-refractivity contribution is 5.39. The normalized spacial score (nSPS) is 14.2. The van der Waals surface area contributed by atoms with Crippen molar-refractivity contribution in [2.45, 2.75) is 33.7 Å². The van der Waals surface area contributed by atoms with Crippen molar-refractivity contribution in [1.82, 2.24) is 9.97 Å². The summed E-state index contributed by atoms with van der Waals surface area (Å²) in [6.07, 6.45) is 0. The first kappa shape index (κ1) is 13.7. The van der Waals surface area contributed by atoms with Gasteiger partial charge in [-0.25, -0.2) is 4.98 Å². The van der Waals surface area contributed by atoms with E-state index in [1.165, 1.54) is 0 Å². The number of ether oxygens (including phenoxy) is 1. The zero-order valence-electron chi connectivity index (χ0n) is 10.9. The van der Waals surface area contributed by atoms with Crippen LogP contribution in [0.4, 0.5) is 5.82 Å². The van der Waals surface area contributed by atoms with Crippen LogP contribution in [0.5, 0.6) is 5.88 Å². The molecule has 0 aliphatic carbocycles. The van der Waals surface area contributed by atoms with Gasteiger partial charge in [-0.2, -0.15) is 4.98 Å². The number of hydrogen-bond donors (Lipinski definition) is 2. The van der Waals surface area contributed by atoms with Crippen LogP contribution in [0.1, 0.15) is 26.6 Å². The molecular formula is C12H21N3O2. The summed E-state index contributed by atoms with van der Waals surface area (Å²) < 4.78 is 5.36. The zero-order chi connectivity index (χ0) is 12.8. The highest BCUT2D eigenvalue weighted by Crippen LogP contribution is 2.16. The molecule has 0 spiro atoms. The van der Waals surface area contributed by atoms with Gasteiger partial charge in [-0.05, 0) is 26.7 Å². The van der Waals surface area contributed by atoms with Crippen LogP contribution in [-0.2, 0) is 0 Å². The van der Waals surface area contributed by atoms with Crippen LogP contribution in [-0.4, -0.2) is 34.3 Å². The number of hydrogen-bond acceptors (Lipinski definition) is 5. The average molecular weight is 239 g/mol. The van der Waals surface area contributed by atoms with E-state index in [2.05, 4.69) is 15.3 Å². The molecule has 1 rings (SSSR count). The van der Waals surface area contributed by atoms with Gasteiger partial charge in [-0.1, -0.05) is 6.92 Å². The Morgan fingerprint density at radius 3 is 2.71 bits per heavy atom. The summed E-state index contributed by atoms with van der Waals surface area (Å²) >= 11 is 0. The van der Waals surface area contributed by atoms with E-state index in [1.807, 2.05) is 27.7 Å². The molecule has 0 saturated heterocycles. The van der Waals surface area contributed by atoms with Crippen molar-refractivity contribution in [2.24, 2.45) is 5.92 Å². The van der Waals surface area contributed by atoms with Gasteiger partial charge in [0.15, 0.2) is 0 Å². The van der Waals surface area contributed by atoms with E-state index < -0.39 is 0 Å². The van der Waals surface area contributed by atoms with Crippen molar-refractivity contribution in [2.75, 3.05) is 18.5 Å². The third kappa shape index (κ3) is 4.19. The van der Waals surface area contributed by atoms with Crippen LogP contribution in [0.25, 0.3) is 0 Å². The number of aliphatic hydroxyl groups excluding tert-OH is 1. The van der Waals surface area contributed by atoms with Crippen molar-refractivity contribution in [3.8, 4) is 5.88 Å². The second-order valence-corrected chi connectivity index (χ2v) is 4.16. The van der Waals surface area contributed by atoms with Crippen LogP contribution in [0.3, 0.4) is 0 Å². The first-order valence-electron chi connectivity index (χ1n) is 5.92. The molecule has 1 aromatic rings. The predicted octanol–water partition coefficient (Wildman–Crippen LogP) is 1.61. The van der Waals surface area contributed by atoms with E-state index in [0.29, 0.717) is 18.3 Å². The lowest BCUT2D eigenvalue weighted by Gasteiger charge is -2.20. The Hall–Kier alpha value is -1.36. The van der Waals surface area contributed by atoms with Crippen LogP contribution >= 0.6 is 0 Å². The Bertz CT molecular complexity index is 358. The topological polar surface area (TPSA) is 67.3 Å². The molecule has 1 heterocycles. The molecule has 17 heavy (non-hydrogen) atoms. The Balaban J connectivity index is 2.76. The number of aryl methyl sites for hydroxylation is 1. The SMILES string of the molecule is CCOc1cc(NC(C)C(C)CO)nc(C)n1. The van der Waals surface area contributed by atoms with Crippen molar-refractivity contribution in [1.29, 1.82) is 0 Å². The number of nitrogens with one attached hydrogen (secondary N) is 1. The third-order valence-electron chi connectivity index (χ3n) is 2.62. The van der Waals surface area contributed by atoms with Gasteiger partial charge in [-0.15, -0.1) is 0 Å². The average Bonchev–Trinajstić information content (AvgIpc) is 2.27. The number of aliphatic hydroxyl groups is 1. The lowest BCUT2D eigenvalue weighted by Crippen LogP contribution is -2.26. The van der Waals surface area contributed by atoms with Crippen LogP contribution in [0.15, 0.2) is 6.07 Å². The molecule has 2 atom stereocenters. The first-order valence-corrected chi connectivity index (χ1v) is 5.92. The smallest absolute Gasteiger partial charge is 0.218 e. The Labute approximate surface area is 102 Å².